The molecule has 0 aliphatic carbocycles. The van der Waals surface area contributed by atoms with E-state index in [4.69, 9.17) is 26.1 Å². The lowest BCUT2D eigenvalue weighted by atomic mass is 10.2. The molecule has 4 rings (SSSR count). The Morgan fingerprint density at radius 3 is 2.89 bits per heavy atom. The van der Waals surface area contributed by atoms with Crippen molar-refractivity contribution < 1.29 is 18.7 Å². The van der Waals surface area contributed by atoms with Gasteiger partial charge in [-0.1, -0.05) is 24.0 Å². The molecule has 1 amide bonds. The number of carbonyl (C=O) groups is 1. The lowest BCUT2D eigenvalue weighted by molar-refractivity contribution is -0.123. The minimum absolute atomic E-state index is 0.0340. The Balaban J connectivity index is 1.53. The molecule has 142 valence electrons. The molecule has 3 aliphatic rings. The van der Waals surface area contributed by atoms with Crippen molar-refractivity contribution >= 4 is 46.2 Å². The second-order valence-corrected chi connectivity index (χ2v) is 8.02. The Labute approximate surface area is 166 Å². The Hall–Kier alpha value is -1.93. The van der Waals surface area contributed by atoms with Gasteiger partial charge in [-0.25, -0.2) is 0 Å². The molecule has 27 heavy (non-hydrogen) atoms. The van der Waals surface area contributed by atoms with Gasteiger partial charge in [0.25, 0.3) is 5.91 Å². The average molecular weight is 406 g/mol. The van der Waals surface area contributed by atoms with Crippen LogP contribution < -0.4 is 4.90 Å². The summed E-state index contributed by atoms with van der Waals surface area (Å²) in [6, 6.07) is 2.05. The van der Waals surface area contributed by atoms with Crippen molar-refractivity contribution in [2.45, 2.75) is 18.9 Å². The van der Waals surface area contributed by atoms with Crippen molar-refractivity contribution in [2.24, 2.45) is 0 Å². The van der Waals surface area contributed by atoms with Gasteiger partial charge in [-0.3, -0.25) is 9.69 Å². The summed E-state index contributed by atoms with van der Waals surface area (Å²) >= 11 is 6.56. The second-order valence-electron chi connectivity index (χ2n) is 6.34. The summed E-state index contributed by atoms with van der Waals surface area (Å²) in [4.78, 5) is 20.9. The largest absolute Gasteiger partial charge is 0.420 e. The number of nitrogens with zero attached hydrogens (tertiary/aromatic N) is 4. The molecule has 0 saturated carbocycles. The summed E-state index contributed by atoms with van der Waals surface area (Å²) in [6.07, 6.45) is 3.53. The third kappa shape index (κ3) is 3.87. The fraction of sp³-hybridized carbons (Fsp3) is 0.529. The molecule has 3 saturated heterocycles. The van der Waals surface area contributed by atoms with Crippen LogP contribution in [-0.2, 0) is 14.3 Å². The number of ether oxygens (including phenoxy) is 2. The number of nitriles is 1. The zero-order chi connectivity index (χ0) is 18.8. The number of rotatable bonds is 4. The maximum atomic E-state index is 12.7. The van der Waals surface area contributed by atoms with Crippen molar-refractivity contribution in [3.8, 4) is 6.07 Å². The van der Waals surface area contributed by atoms with E-state index in [1.54, 1.807) is 11.0 Å². The summed E-state index contributed by atoms with van der Waals surface area (Å²) in [5.41, 5.74) is 0.206. The monoisotopic (exact) mass is 406 g/mol. The summed E-state index contributed by atoms with van der Waals surface area (Å²) in [6.45, 7) is 3.61. The van der Waals surface area contributed by atoms with Crippen LogP contribution in [0.15, 0.2) is 9.32 Å². The Kier molecular flexibility index (Phi) is 5.45. The number of aromatic nitrogens is 1. The average Bonchev–Trinajstić information content (AvgIpc) is 3.40. The predicted octanol–water partition coefficient (Wildman–Crippen LogP) is 1.76. The van der Waals surface area contributed by atoms with Crippen molar-refractivity contribution in [1.82, 2.24) is 9.88 Å². The molecule has 1 aromatic heterocycles. The van der Waals surface area contributed by atoms with Crippen LogP contribution in [-0.4, -0.2) is 65.7 Å². The summed E-state index contributed by atoms with van der Waals surface area (Å²) in [5.74, 6) is 0.470. The second kappa shape index (κ2) is 7.98. The first-order chi connectivity index (χ1) is 13.2. The first-order valence-electron chi connectivity index (χ1n) is 8.76. The molecule has 1 atom stereocenters. The fourth-order valence-electron chi connectivity index (χ4n) is 3.21. The van der Waals surface area contributed by atoms with Gasteiger partial charge in [-0.05, 0) is 12.8 Å². The van der Waals surface area contributed by atoms with Gasteiger partial charge >= 0.3 is 0 Å². The predicted molar refractivity (Wildman–Crippen MR) is 103 cm³/mol. The van der Waals surface area contributed by atoms with E-state index in [2.05, 4.69) is 11.1 Å². The van der Waals surface area contributed by atoms with Crippen LogP contribution in [0.2, 0.25) is 0 Å². The van der Waals surface area contributed by atoms with Gasteiger partial charge in [0, 0.05) is 25.8 Å². The maximum absolute atomic E-state index is 12.7. The topological polar surface area (TPSA) is 91.8 Å². The first kappa shape index (κ1) is 18.4. The highest BCUT2D eigenvalue weighted by Crippen LogP contribution is 2.34. The molecule has 8 nitrogen and oxygen atoms in total. The molecular weight excluding hydrogens is 388 g/mol. The maximum Gasteiger partial charge on any atom is 0.266 e. The normalized spacial score (nSPS) is 24.9. The van der Waals surface area contributed by atoms with E-state index in [1.165, 1.54) is 11.8 Å². The molecule has 0 spiro atoms. The highest BCUT2D eigenvalue weighted by atomic mass is 32.2. The number of thioether (sulfide) groups is 1. The lowest BCUT2D eigenvalue weighted by Crippen LogP contribution is -2.36. The quantitative estimate of drug-likeness (QED) is 0.548. The molecule has 0 aromatic carbocycles. The zero-order valence-electron chi connectivity index (χ0n) is 14.5. The van der Waals surface area contributed by atoms with E-state index in [0.717, 1.165) is 19.4 Å². The van der Waals surface area contributed by atoms with Gasteiger partial charge in [0.1, 0.15) is 10.4 Å². The molecule has 3 aliphatic heterocycles. The van der Waals surface area contributed by atoms with E-state index in [0.29, 0.717) is 48.0 Å². The Morgan fingerprint density at radius 2 is 2.19 bits per heavy atom. The van der Waals surface area contributed by atoms with E-state index >= 15 is 0 Å². The molecule has 0 N–H and O–H groups in total. The number of thiocarbonyl (C=S) groups is 1. The molecule has 0 bridgehead atoms. The standard InChI is InChI=1S/C17H18N4O4S2/c18-9-12-16(20-3-6-23-7-4-20)25-14(19-12)8-13-15(22)21(17(26)27-13)10-11-2-1-5-24-11/h8,11H,1-7,10H2/b13-8+/t11-/m1/s1. The SMILES string of the molecule is N#Cc1nc(/C=C2/SC(=S)N(C[C@H]3CCCO3)C2=O)oc1N1CCOCC1. The van der Waals surface area contributed by atoms with E-state index in [1.807, 2.05) is 4.90 Å². The number of hydrogen-bond acceptors (Lipinski definition) is 9. The highest BCUT2D eigenvalue weighted by molar-refractivity contribution is 8.26. The van der Waals surface area contributed by atoms with Gasteiger partial charge in [-0.15, -0.1) is 0 Å². The van der Waals surface area contributed by atoms with Crippen LogP contribution in [0.5, 0.6) is 0 Å². The van der Waals surface area contributed by atoms with E-state index in [9.17, 15) is 10.1 Å². The summed E-state index contributed by atoms with van der Waals surface area (Å²) in [5, 5.41) is 9.35. The highest BCUT2D eigenvalue weighted by Gasteiger charge is 2.35. The molecule has 0 unspecified atom stereocenters. The molecular formula is C17H18N4O4S2. The van der Waals surface area contributed by atoms with Crippen molar-refractivity contribution in [1.29, 1.82) is 5.26 Å². The van der Waals surface area contributed by atoms with Gasteiger partial charge in [0.15, 0.2) is 0 Å². The van der Waals surface area contributed by atoms with Crippen LogP contribution in [0.1, 0.15) is 24.4 Å². The van der Waals surface area contributed by atoms with Crippen molar-refractivity contribution in [3.63, 3.8) is 0 Å². The van der Waals surface area contributed by atoms with Crippen LogP contribution in [0.3, 0.4) is 0 Å². The number of morpholine rings is 1. The van der Waals surface area contributed by atoms with Gasteiger partial charge < -0.3 is 18.8 Å². The summed E-state index contributed by atoms with van der Waals surface area (Å²) < 4.78 is 17.2. The third-order valence-corrected chi connectivity index (χ3v) is 5.95. The van der Waals surface area contributed by atoms with Gasteiger partial charge in [-0.2, -0.15) is 10.2 Å². The molecule has 4 heterocycles. The number of anilines is 1. The summed E-state index contributed by atoms with van der Waals surface area (Å²) in [7, 11) is 0. The van der Waals surface area contributed by atoms with E-state index < -0.39 is 0 Å². The number of oxazole rings is 1. The smallest absolute Gasteiger partial charge is 0.266 e. The number of hydrogen-bond donors (Lipinski definition) is 0. The van der Waals surface area contributed by atoms with Gasteiger partial charge in [0.2, 0.25) is 17.5 Å². The number of carbonyl (C=O) groups excluding carboxylic acids is 1. The molecule has 10 heteroatoms. The fourth-order valence-corrected chi connectivity index (χ4v) is 4.44. The molecule has 3 fully saturated rings. The van der Waals surface area contributed by atoms with E-state index in [-0.39, 0.29) is 23.6 Å². The Morgan fingerprint density at radius 1 is 1.37 bits per heavy atom. The van der Waals surface area contributed by atoms with Gasteiger partial charge in [0.05, 0.1) is 30.8 Å². The minimum Gasteiger partial charge on any atom is -0.420 e. The number of amides is 1. The van der Waals surface area contributed by atoms with Crippen molar-refractivity contribution in [3.05, 3.63) is 16.5 Å². The first-order valence-corrected chi connectivity index (χ1v) is 9.99. The lowest BCUT2D eigenvalue weighted by Gasteiger charge is -2.25. The van der Waals surface area contributed by atoms with Crippen LogP contribution in [0.4, 0.5) is 5.88 Å². The molecule has 0 radical (unpaired) electrons. The van der Waals surface area contributed by atoms with Crippen LogP contribution >= 0.6 is 24.0 Å². The van der Waals surface area contributed by atoms with Crippen molar-refractivity contribution in [2.75, 3.05) is 44.4 Å². The third-order valence-electron chi connectivity index (χ3n) is 4.57. The Bertz CT molecular complexity index is 819. The minimum atomic E-state index is -0.176. The zero-order valence-corrected chi connectivity index (χ0v) is 16.2. The van der Waals surface area contributed by atoms with Crippen LogP contribution in [0.25, 0.3) is 6.08 Å². The molecule has 1 aromatic rings. The van der Waals surface area contributed by atoms with Crippen LogP contribution in [0, 0.1) is 11.3 Å².